The lowest BCUT2D eigenvalue weighted by Gasteiger charge is -2.25. The molecule has 0 saturated heterocycles. The SMILES string of the molecule is CSCC(C)(C)NC(=O)c1cccc(Cl)c1C(=O)O. The second-order valence-corrected chi connectivity index (χ2v) is 6.01. The lowest BCUT2D eigenvalue weighted by Crippen LogP contribution is -2.45. The molecule has 0 aromatic heterocycles. The van der Waals surface area contributed by atoms with Gasteiger partial charge in [-0.25, -0.2) is 4.79 Å². The summed E-state index contributed by atoms with van der Waals surface area (Å²) in [5.41, 5.74) is -0.509. The minimum absolute atomic E-state index is 0.0582. The second kappa shape index (κ2) is 6.30. The fraction of sp³-hybridized carbons (Fsp3) is 0.385. The maximum absolute atomic E-state index is 12.2. The summed E-state index contributed by atoms with van der Waals surface area (Å²) in [6.07, 6.45) is 1.94. The third-order valence-electron chi connectivity index (χ3n) is 2.43. The Morgan fingerprint density at radius 2 is 2.05 bits per heavy atom. The molecule has 0 aliphatic heterocycles. The largest absolute Gasteiger partial charge is 0.478 e. The van der Waals surface area contributed by atoms with Crippen LogP contribution in [0.25, 0.3) is 0 Å². The third kappa shape index (κ3) is 4.14. The van der Waals surface area contributed by atoms with Gasteiger partial charge < -0.3 is 10.4 Å². The highest BCUT2D eigenvalue weighted by atomic mass is 35.5. The standard InChI is InChI=1S/C13H16ClNO3S/c1-13(2,7-19-3)15-11(16)8-5-4-6-9(14)10(8)12(17)18/h4-6H,7H2,1-3H3,(H,15,16)(H,17,18). The lowest BCUT2D eigenvalue weighted by atomic mass is 10.0. The van der Waals surface area contributed by atoms with Crippen LogP contribution in [0.15, 0.2) is 18.2 Å². The van der Waals surface area contributed by atoms with E-state index in [9.17, 15) is 9.59 Å². The molecule has 0 heterocycles. The molecular formula is C13H16ClNO3S. The Hall–Kier alpha value is -1.20. The summed E-state index contributed by atoms with van der Waals surface area (Å²) in [7, 11) is 0. The summed E-state index contributed by atoms with van der Waals surface area (Å²) in [6, 6.07) is 4.47. The van der Waals surface area contributed by atoms with Crippen molar-refractivity contribution in [2.24, 2.45) is 0 Å². The average Bonchev–Trinajstić information content (AvgIpc) is 2.27. The third-order valence-corrected chi connectivity index (χ3v) is 3.75. The second-order valence-electron chi connectivity index (χ2n) is 4.74. The molecule has 104 valence electrons. The summed E-state index contributed by atoms with van der Waals surface area (Å²) >= 11 is 7.44. The Balaban J connectivity index is 3.07. The molecule has 0 saturated carbocycles. The molecule has 0 aliphatic rings. The van der Waals surface area contributed by atoms with Gasteiger partial charge >= 0.3 is 5.97 Å². The number of rotatable bonds is 5. The topological polar surface area (TPSA) is 66.4 Å². The number of halogens is 1. The van der Waals surface area contributed by atoms with Crippen molar-refractivity contribution in [3.63, 3.8) is 0 Å². The monoisotopic (exact) mass is 301 g/mol. The fourth-order valence-electron chi connectivity index (χ4n) is 1.70. The Morgan fingerprint density at radius 3 is 2.58 bits per heavy atom. The van der Waals surface area contributed by atoms with E-state index in [2.05, 4.69) is 5.32 Å². The average molecular weight is 302 g/mol. The number of thioether (sulfide) groups is 1. The van der Waals surface area contributed by atoms with Crippen LogP contribution < -0.4 is 5.32 Å². The van der Waals surface area contributed by atoms with E-state index in [1.807, 2.05) is 20.1 Å². The van der Waals surface area contributed by atoms with Crippen LogP contribution in [-0.4, -0.2) is 34.5 Å². The molecule has 0 aliphatic carbocycles. The van der Waals surface area contributed by atoms with Gasteiger partial charge in [-0.05, 0) is 32.2 Å². The van der Waals surface area contributed by atoms with Gasteiger partial charge in [0.1, 0.15) is 0 Å². The van der Waals surface area contributed by atoms with Crippen molar-refractivity contribution < 1.29 is 14.7 Å². The summed E-state index contributed by atoms with van der Waals surface area (Å²) in [4.78, 5) is 23.3. The molecule has 2 N–H and O–H groups in total. The van der Waals surface area contributed by atoms with Gasteiger partial charge in [0.25, 0.3) is 5.91 Å². The van der Waals surface area contributed by atoms with Crippen LogP contribution in [0.4, 0.5) is 0 Å². The Kier molecular flexibility index (Phi) is 5.26. The molecule has 1 rings (SSSR count). The molecule has 6 heteroatoms. The van der Waals surface area contributed by atoms with E-state index >= 15 is 0 Å². The smallest absolute Gasteiger partial charge is 0.338 e. The molecule has 0 fully saturated rings. The quantitative estimate of drug-likeness (QED) is 0.877. The first kappa shape index (κ1) is 15.9. The molecule has 19 heavy (non-hydrogen) atoms. The normalized spacial score (nSPS) is 11.2. The highest BCUT2D eigenvalue weighted by molar-refractivity contribution is 7.98. The molecule has 4 nitrogen and oxygen atoms in total. The van der Waals surface area contributed by atoms with Crippen LogP contribution >= 0.6 is 23.4 Å². The van der Waals surface area contributed by atoms with Crippen molar-refractivity contribution in [1.82, 2.24) is 5.32 Å². The first-order valence-corrected chi connectivity index (χ1v) is 7.39. The zero-order valence-electron chi connectivity index (χ0n) is 11.0. The zero-order valence-corrected chi connectivity index (χ0v) is 12.6. The highest BCUT2D eigenvalue weighted by Crippen LogP contribution is 2.21. The van der Waals surface area contributed by atoms with Crippen molar-refractivity contribution in [3.8, 4) is 0 Å². The number of aromatic carboxylic acids is 1. The van der Waals surface area contributed by atoms with Crippen LogP contribution in [0, 0.1) is 0 Å². The number of nitrogens with one attached hydrogen (secondary N) is 1. The number of carbonyl (C=O) groups is 2. The predicted octanol–water partition coefficient (Wildman–Crippen LogP) is 2.91. The number of amides is 1. The van der Waals surface area contributed by atoms with Gasteiger partial charge in [0.15, 0.2) is 0 Å². The fourth-order valence-corrected chi connectivity index (χ4v) is 2.75. The van der Waals surface area contributed by atoms with Crippen molar-refractivity contribution >= 4 is 35.2 Å². The minimum atomic E-state index is -1.21. The van der Waals surface area contributed by atoms with E-state index in [1.165, 1.54) is 12.1 Å². The van der Waals surface area contributed by atoms with E-state index in [4.69, 9.17) is 16.7 Å². The molecule has 0 radical (unpaired) electrons. The molecule has 0 bridgehead atoms. The maximum Gasteiger partial charge on any atom is 0.338 e. The number of carboxylic acid groups (broad SMARTS) is 1. The van der Waals surface area contributed by atoms with Gasteiger partial charge in [0.2, 0.25) is 0 Å². The number of hydrogen-bond acceptors (Lipinski definition) is 3. The van der Waals surface area contributed by atoms with Crippen LogP contribution in [0.5, 0.6) is 0 Å². The van der Waals surface area contributed by atoms with Gasteiger partial charge in [-0.2, -0.15) is 11.8 Å². The molecular weight excluding hydrogens is 286 g/mol. The van der Waals surface area contributed by atoms with Crippen molar-refractivity contribution in [1.29, 1.82) is 0 Å². The van der Waals surface area contributed by atoms with Gasteiger partial charge in [0, 0.05) is 11.3 Å². The maximum atomic E-state index is 12.2. The molecule has 1 amide bonds. The highest BCUT2D eigenvalue weighted by Gasteiger charge is 2.25. The van der Waals surface area contributed by atoms with E-state index in [0.29, 0.717) is 0 Å². The Labute approximate surface area is 121 Å². The number of benzene rings is 1. The number of carboxylic acids is 1. The molecule has 1 aromatic carbocycles. The minimum Gasteiger partial charge on any atom is -0.478 e. The zero-order chi connectivity index (χ0) is 14.6. The first-order valence-electron chi connectivity index (χ1n) is 5.62. The number of carbonyl (C=O) groups excluding carboxylic acids is 1. The lowest BCUT2D eigenvalue weighted by molar-refractivity contribution is 0.0690. The Bertz CT molecular complexity index is 503. The van der Waals surface area contributed by atoms with Crippen LogP contribution in [0.3, 0.4) is 0 Å². The summed E-state index contributed by atoms with van der Waals surface area (Å²) < 4.78 is 0. The van der Waals surface area contributed by atoms with Gasteiger partial charge in [-0.3, -0.25) is 4.79 Å². The van der Waals surface area contributed by atoms with Crippen LogP contribution in [0.1, 0.15) is 34.6 Å². The molecule has 0 unspecified atom stereocenters. The van der Waals surface area contributed by atoms with E-state index in [1.54, 1.807) is 17.8 Å². The van der Waals surface area contributed by atoms with E-state index < -0.39 is 17.4 Å². The molecule has 1 aromatic rings. The summed E-state index contributed by atoms with van der Waals surface area (Å²) in [5, 5.41) is 12.0. The predicted molar refractivity (Wildman–Crippen MR) is 78.3 cm³/mol. The molecule has 0 atom stereocenters. The van der Waals surface area contributed by atoms with Crippen molar-refractivity contribution in [2.75, 3.05) is 12.0 Å². The van der Waals surface area contributed by atoms with Crippen LogP contribution in [0.2, 0.25) is 5.02 Å². The Morgan fingerprint density at radius 1 is 1.42 bits per heavy atom. The van der Waals surface area contributed by atoms with Gasteiger partial charge in [0.05, 0.1) is 16.1 Å². The van der Waals surface area contributed by atoms with Crippen molar-refractivity contribution in [3.05, 3.63) is 34.3 Å². The van der Waals surface area contributed by atoms with Crippen molar-refractivity contribution in [2.45, 2.75) is 19.4 Å². The summed E-state index contributed by atoms with van der Waals surface area (Å²) in [6.45, 7) is 3.76. The van der Waals surface area contributed by atoms with Gasteiger partial charge in [-0.15, -0.1) is 0 Å². The van der Waals surface area contributed by atoms with E-state index in [-0.39, 0.29) is 16.1 Å². The summed E-state index contributed by atoms with van der Waals surface area (Å²) in [5.74, 6) is -0.917. The van der Waals surface area contributed by atoms with Gasteiger partial charge in [-0.1, -0.05) is 17.7 Å². The van der Waals surface area contributed by atoms with Crippen LogP contribution in [-0.2, 0) is 0 Å². The van der Waals surface area contributed by atoms with E-state index in [0.717, 1.165) is 5.75 Å². The molecule has 0 spiro atoms. The number of hydrogen-bond donors (Lipinski definition) is 2. The first-order chi connectivity index (χ1) is 8.78.